The van der Waals surface area contributed by atoms with Crippen LogP contribution in [0.5, 0.6) is 0 Å². The predicted molar refractivity (Wildman–Crippen MR) is 62.3 cm³/mol. The second-order valence-electron chi connectivity index (χ2n) is 5.95. The van der Waals surface area contributed by atoms with Crippen LogP contribution < -0.4 is 5.73 Å². The van der Waals surface area contributed by atoms with Crippen LogP contribution in [0.3, 0.4) is 0 Å². The molecule has 0 aromatic rings. The normalized spacial score (nSPS) is 27.6. The summed E-state index contributed by atoms with van der Waals surface area (Å²) in [6.07, 6.45) is 3.99. The van der Waals surface area contributed by atoms with E-state index in [2.05, 4.69) is 32.6 Å². The molecule has 2 nitrogen and oxygen atoms in total. The third-order valence-electron chi connectivity index (χ3n) is 2.95. The minimum atomic E-state index is 0.317. The number of nitrogens with two attached hydrogens (primary N) is 1. The van der Waals surface area contributed by atoms with Crippen molar-refractivity contribution in [3.63, 3.8) is 0 Å². The van der Waals surface area contributed by atoms with E-state index in [0.29, 0.717) is 17.5 Å². The van der Waals surface area contributed by atoms with Gasteiger partial charge in [-0.3, -0.25) is 4.90 Å². The first-order chi connectivity index (χ1) is 6.40. The summed E-state index contributed by atoms with van der Waals surface area (Å²) in [6.45, 7) is 11.5. The van der Waals surface area contributed by atoms with Gasteiger partial charge in [-0.25, -0.2) is 0 Å². The summed E-state index contributed by atoms with van der Waals surface area (Å²) in [7, 11) is 0. The second kappa shape index (κ2) is 4.63. The summed E-state index contributed by atoms with van der Waals surface area (Å²) in [4.78, 5) is 2.59. The third kappa shape index (κ3) is 3.58. The highest BCUT2D eigenvalue weighted by molar-refractivity contribution is 4.85. The Morgan fingerprint density at radius 3 is 2.50 bits per heavy atom. The van der Waals surface area contributed by atoms with E-state index in [-0.39, 0.29) is 0 Å². The van der Waals surface area contributed by atoms with Gasteiger partial charge in [-0.15, -0.1) is 0 Å². The molecule has 1 aliphatic rings. The molecule has 2 atom stereocenters. The van der Waals surface area contributed by atoms with Gasteiger partial charge >= 0.3 is 0 Å². The molecule has 0 aromatic heterocycles. The Labute approximate surface area is 88.8 Å². The molecule has 1 rings (SSSR count). The van der Waals surface area contributed by atoms with Gasteiger partial charge < -0.3 is 5.73 Å². The first-order valence-electron chi connectivity index (χ1n) is 5.90. The largest absolute Gasteiger partial charge is 0.327 e. The Kier molecular flexibility index (Phi) is 3.96. The fraction of sp³-hybridized carbons (Fsp3) is 1.00. The highest BCUT2D eigenvalue weighted by atomic mass is 15.2. The molecule has 1 heterocycles. The minimum Gasteiger partial charge on any atom is -0.327 e. The summed E-state index contributed by atoms with van der Waals surface area (Å²) < 4.78 is 0. The minimum absolute atomic E-state index is 0.317. The van der Waals surface area contributed by atoms with Gasteiger partial charge in [0, 0.05) is 18.6 Å². The van der Waals surface area contributed by atoms with Gasteiger partial charge in [0.2, 0.25) is 0 Å². The monoisotopic (exact) mass is 198 g/mol. The first kappa shape index (κ1) is 12.0. The molecule has 2 N–H and O–H groups in total. The molecule has 14 heavy (non-hydrogen) atoms. The van der Waals surface area contributed by atoms with Crippen molar-refractivity contribution in [1.82, 2.24) is 4.90 Å². The molecule has 2 heteroatoms. The second-order valence-corrected chi connectivity index (χ2v) is 5.95. The highest BCUT2D eigenvalue weighted by Gasteiger charge is 2.28. The fourth-order valence-electron chi connectivity index (χ4n) is 2.42. The molecule has 1 saturated heterocycles. The van der Waals surface area contributed by atoms with Crippen molar-refractivity contribution >= 4 is 0 Å². The van der Waals surface area contributed by atoms with E-state index < -0.39 is 0 Å². The zero-order valence-corrected chi connectivity index (χ0v) is 10.2. The van der Waals surface area contributed by atoms with Crippen molar-refractivity contribution in [3.8, 4) is 0 Å². The van der Waals surface area contributed by atoms with E-state index in [1.54, 1.807) is 0 Å². The van der Waals surface area contributed by atoms with Crippen molar-refractivity contribution < 1.29 is 0 Å². The van der Waals surface area contributed by atoms with E-state index in [4.69, 9.17) is 5.73 Å². The van der Waals surface area contributed by atoms with Gasteiger partial charge in [-0.2, -0.15) is 0 Å². The third-order valence-corrected chi connectivity index (χ3v) is 2.95. The van der Waals surface area contributed by atoms with Crippen molar-refractivity contribution in [2.75, 3.05) is 13.1 Å². The van der Waals surface area contributed by atoms with Gasteiger partial charge in [0.05, 0.1) is 0 Å². The van der Waals surface area contributed by atoms with E-state index in [9.17, 15) is 0 Å². The molecule has 0 radical (unpaired) electrons. The van der Waals surface area contributed by atoms with Gasteiger partial charge in [0.1, 0.15) is 0 Å². The van der Waals surface area contributed by atoms with E-state index in [1.807, 2.05) is 0 Å². The maximum atomic E-state index is 6.03. The zero-order valence-electron chi connectivity index (χ0n) is 10.2. The van der Waals surface area contributed by atoms with E-state index in [1.165, 1.54) is 32.4 Å². The molecule has 0 bridgehead atoms. The zero-order chi connectivity index (χ0) is 10.8. The summed E-state index contributed by atoms with van der Waals surface area (Å²) in [5, 5.41) is 0. The van der Waals surface area contributed by atoms with Gasteiger partial charge in [-0.05, 0) is 31.7 Å². The lowest BCUT2D eigenvalue weighted by atomic mass is 9.90. The van der Waals surface area contributed by atoms with Crippen LogP contribution in [0.15, 0.2) is 0 Å². The molecule has 2 unspecified atom stereocenters. The van der Waals surface area contributed by atoms with E-state index in [0.717, 1.165) is 0 Å². The summed E-state index contributed by atoms with van der Waals surface area (Å²) in [5.74, 6) is 0. The molecule has 0 saturated carbocycles. The number of likely N-dealkylation sites (tertiary alicyclic amines) is 1. The maximum Gasteiger partial charge on any atom is 0.0244 e. The average Bonchev–Trinajstić information content (AvgIpc) is 2.01. The lowest BCUT2D eigenvalue weighted by molar-refractivity contribution is 0.0906. The van der Waals surface area contributed by atoms with Crippen LogP contribution in [-0.4, -0.2) is 30.1 Å². The lowest BCUT2D eigenvalue weighted by Gasteiger charge is -2.41. The Balaban J connectivity index is 2.54. The molecule has 1 fully saturated rings. The fourth-order valence-corrected chi connectivity index (χ4v) is 2.42. The van der Waals surface area contributed by atoms with Crippen LogP contribution in [0.2, 0.25) is 0 Å². The quantitative estimate of drug-likeness (QED) is 0.737. The molecular weight excluding hydrogens is 172 g/mol. The predicted octanol–water partition coefficient (Wildman–Crippen LogP) is 2.23. The van der Waals surface area contributed by atoms with Gasteiger partial charge in [-0.1, -0.05) is 27.2 Å². The number of hydrogen-bond donors (Lipinski definition) is 1. The molecule has 0 aliphatic carbocycles. The topological polar surface area (TPSA) is 29.3 Å². The van der Waals surface area contributed by atoms with Gasteiger partial charge in [0.25, 0.3) is 0 Å². The van der Waals surface area contributed by atoms with Gasteiger partial charge in [0.15, 0.2) is 0 Å². The van der Waals surface area contributed by atoms with Crippen LogP contribution in [-0.2, 0) is 0 Å². The maximum absolute atomic E-state index is 6.03. The smallest absolute Gasteiger partial charge is 0.0244 e. The van der Waals surface area contributed by atoms with E-state index >= 15 is 0 Å². The van der Waals surface area contributed by atoms with Crippen LogP contribution in [0.4, 0.5) is 0 Å². The summed E-state index contributed by atoms with van der Waals surface area (Å²) >= 11 is 0. The van der Waals surface area contributed by atoms with Crippen LogP contribution in [0, 0.1) is 5.41 Å². The molecule has 0 amide bonds. The number of rotatable bonds is 2. The van der Waals surface area contributed by atoms with Crippen molar-refractivity contribution in [1.29, 1.82) is 0 Å². The van der Waals surface area contributed by atoms with Crippen LogP contribution >= 0.6 is 0 Å². The number of piperidine rings is 1. The van der Waals surface area contributed by atoms with Crippen molar-refractivity contribution in [2.45, 2.75) is 59.0 Å². The standard InChI is InChI=1S/C12H26N2/c1-10(13)11-7-5-6-8-14(11)9-12(2,3)4/h10-11H,5-9,13H2,1-4H3. The Bertz CT molecular complexity index is 170. The molecule has 1 aliphatic heterocycles. The molecule has 0 spiro atoms. The number of nitrogens with zero attached hydrogens (tertiary/aromatic N) is 1. The van der Waals surface area contributed by atoms with Crippen molar-refractivity contribution in [2.24, 2.45) is 11.1 Å². The SMILES string of the molecule is CC(N)C1CCCCN1CC(C)(C)C. The Morgan fingerprint density at radius 2 is 2.00 bits per heavy atom. The molecular formula is C12H26N2. The summed E-state index contributed by atoms with van der Waals surface area (Å²) in [5.41, 5.74) is 6.43. The molecule has 84 valence electrons. The first-order valence-corrected chi connectivity index (χ1v) is 5.90. The van der Waals surface area contributed by atoms with Crippen molar-refractivity contribution in [3.05, 3.63) is 0 Å². The Morgan fingerprint density at radius 1 is 1.36 bits per heavy atom. The molecule has 0 aromatic carbocycles. The Hall–Kier alpha value is -0.0800. The number of hydrogen-bond acceptors (Lipinski definition) is 2. The van der Waals surface area contributed by atoms with Crippen LogP contribution in [0.25, 0.3) is 0 Å². The summed E-state index contributed by atoms with van der Waals surface area (Å²) in [6, 6.07) is 0.931. The van der Waals surface area contributed by atoms with Crippen LogP contribution in [0.1, 0.15) is 47.0 Å². The average molecular weight is 198 g/mol. The lowest BCUT2D eigenvalue weighted by Crippen LogP contribution is -2.51. The highest BCUT2D eigenvalue weighted by Crippen LogP contribution is 2.24.